The highest BCUT2D eigenvalue weighted by atomic mass is 16.5. The lowest BCUT2D eigenvalue weighted by Gasteiger charge is -2.33. The van der Waals surface area contributed by atoms with E-state index in [9.17, 15) is 0 Å². The van der Waals surface area contributed by atoms with Crippen molar-refractivity contribution in [1.29, 1.82) is 0 Å². The molecule has 3 heteroatoms. The molecule has 1 aliphatic heterocycles. The van der Waals surface area contributed by atoms with Gasteiger partial charge in [0.05, 0.1) is 12.1 Å². The van der Waals surface area contributed by atoms with Crippen LogP contribution in [0.2, 0.25) is 0 Å². The third kappa shape index (κ3) is 3.47. The first-order chi connectivity index (χ1) is 8.73. The van der Waals surface area contributed by atoms with Gasteiger partial charge < -0.3 is 15.4 Å². The highest BCUT2D eigenvalue weighted by Gasteiger charge is 2.32. The van der Waals surface area contributed by atoms with Gasteiger partial charge in [-0.1, -0.05) is 31.5 Å². The molecular weight excluding hydrogens is 224 g/mol. The van der Waals surface area contributed by atoms with E-state index in [1.807, 2.05) is 0 Å². The minimum absolute atomic E-state index is 0.177. The number of hydrogen-bond donors (Lipinski definition) is 1. The van der Waals surface area contributed by atoms with Gasteiger partial charge in [-0.3, -0.25) is 0 Å². The topological polar surface area (TPSA) is 38.5 Å². The molecule has 0 spiro atoms. The lowest BCUT2D eigenvalue weighted by atomic mass is 9.99. The van der Waals surface area contributed by atoms with E-state index < -0.39 is 0 Å². The maximum atomic E-state index is 6.40. The van der Waals surface area contributed by atoms with Crippen LogP contribution in [0, 0.1) is 0 Å². The molecule has 1 fully saturated rings. The summed E-state index contributed by atoms with van der Waals surface area (Å²) >= 11 is 0. The average Bonchev–Trinajstić information content (AvgIpc) is 2.82. The first-order valence-corrected chi connectivity index (χ1v) is 6.90. The second-order valence-electron chi connectivity index (χ2n) is 5.28. The Morgan fingerprint density at radius 2 is 2.11 bits per heavy atom. The lowest BCUT2D eigenvalue weighted by molar-refractivity contribution is 0.179. The van der Waals surface area contributed by atoms with E-state index in [-0.39, 0.29) is 5.54 Å². The van der Waals surface area contributed by atoms with Crippen LogP contribution in [0.3, 0.4) is 0 Å². The van der Waals surface area contributed by atoms with Gasteiger partial charge in [0.1, 0.15) is 0 Å². The molecule has 2 rings (SSSR count). The summed E-state index contributed by atoms with van der Waals surface area (Å²) in [5, 5.41) is 0. The molecule has 1 aromatic carbocycles. The zero-order valence-corrected chi connectivity index (χ0v) is 11.3. The fourth-order valence-corrected chi connectivity index (χ4v) is 2.42. The number of hydrogen-bond acceptors (Lipinski definition) is 3. The molecule has 1 unspecified atom stereocenters. The third-order valence-corrected chi connectivity index (χ3v) is 3.54. The minimum atomic E-state index is -0.177. The molecule has 18 heavy (non-hydrogen) atoms. The standard InChI is InChI=1S/C15H24N2O/c1-2-3-10-17(14-7-5-4-6-8-14)12-15(16)9-11-18-13-15/h4-8H,2-3,9-13,16H2,1H3. The summed E-state index contributed by atoms with van der Waals surface area (Å²) in [4.78, 5) is 2.40. The molecule has 1 aliphatic rings. The molecule has 0 amide bonds. The molecular formula is C15H24N2O. The Morgan fingerprint density at radius 1 is 1.33 bits per heavy atom. The Bertz CT molecular complexity index is 347. The maximum absolute atomic E-state index is 6.40. The van der Waals surface area contributed by atoms with Crippen LogP contribution in [0.15, 0.2) is 30.3 Å². The second kappa shape index (κ2) is 6.21. The number of anilines is 1. The largest absolute Gasteiger partial charge is 0.379 e. The Morgan fingerprint density at radius 3 is 2.72 bits per heavy atom. The first kappa shape index (κ1) is 13.4. The predicted molar refractivity (Wildman–Crippen MR) is 75.9 cm³/mol. The molecule has 1 aromatic rings. The van der Waals surface area contributed by atoms with Crippen molar-refractivity contribution in [2.24, 2.45) is 5.73 Å². The third-order valence-electron chi connectivity index (χ3n) is 3.54. The number of para-hydroxylation sites is 1. The minimum Gasteiger partial charge on any atom is -0.379 e. The van der Waals surface area contributed by atoms with E-state index >= 15 is 0 Å². The lowest BCUT2D eigenvalue weighted by Crippen LogP contribution is -2.51. The van der Waals surface area contributed by atoms with Crippen LogP contribution >= 0.6 is 0 Å². The molecule has 0 saturated carbocycles. The number of nitrogens with zero attached hydrogens (tertiary/aromatic N) is 1. The van der Waals surface area contributed by atoms with Gasteiger partial charge in [0.25, 0.3) is 0 Å². The monoisotopic (exact) mass is 248 g/mol. The molecule has 2 N–H and O–H groups in total. The van der Waals surface area contributed by atoms with E-state index in [0.717, 1.165) is 26.1 Å². The van der Waals surface area contributed by atoms with E-state index in [4.69, 9.17) is 10.5 Å². The number of ether oxygens (including phenoxy) is 1. The highest BCUT2D eigenvalue weighted by molar-refractivity contribution is 5.46. The van der Waals surface area contributed by atoms with Crippen molar-refractivity contribution in [3.63, 3.8) is 0 Å². The molecule has 0 aromatic heterocycles. The fourth-order valence-electron chi connectivity index (χ4n) is 2.42. The number of nitrogens with two attached hydrogens (primary N) is 1. The van der Waals surface area contributed by atoms with E-state index in [1.165, 1.54) is 18.5 Å². The van der Waals surface area contributed by atoms with Gasteiger partial charge in [0, 0.05) is 25.4 Å². The zero-order chi connectivity index (χ0) is 12.8. The molecule has 1 heterocycles. The van der Waals surface area contributed by atoms with Gasteiger partial charge in [-0.15, -0.1) is 0 Å². The Hall–Kier alpha value is -1.06. The first-order valence-electron chi connectivity index (χ1n) is 6.90. The molecule has 1 saturated heterocycles. The molecule has 0 bridgehead atoms. The second-order valence-corrected chi connectivity index (χ2v) is 5.28. The predicted octanol–water partition coefficient (Wildman–Crippen LogP) is 2.41. The van der Waals surface area contributed by atoms with Gasteiger partial charge in [0.15, 0.2) is 0 Å². The summed E-state index contributed by atoms with van der Waals surface area (Å²) in [5.74, 6) is 0. The van der Waals surface area contributed by atoms with E-state index in [1.54, 1.807) is 0 Å². The normalized spacial score (nSPS) is 23.2. The van der Waals surface area contributed by atoms with Gasteiger partial charge in [-0.2, -0.15) is 0 Å². The van der Waals surface area contributed by atoms with Crippen molar-refractivity contribution < 1.29 is 4.74 Å². The van der Waals surface area contributed by atoms with Gasteiger partial charge in [-0.25, -0.2) is 0 Å². The fraction of sp³-hybridized carbons (Fsp3) is 0.600. The molecule has 3 nitrogen and oxygen atoms in total. The summed E-state index contributed by atoms with van der Waals surface area (Å²) < 4.78 is 5.45. The number of benzene rings is 1. The van der Waals surface area contributed by atoms with Crippen LogP contribution in [0.4, 0.5) is 5.69 Å². The summed E-state index contributed by atoms with van der Waals surface area (Å²) in [7, 11) is 0. The Balaban J connectivity index is 2.05. The van der Waals surface area contributed by atoms with Crippen LogP contribution < -0.4 is 10.6 Å². The van der Waals surface area contributed by atoms with Crippen LogP contribution in [0.5, 0.6) is 0 Å². The number of unbranched alkanes of at least 4 members (excludes halogenated alkanes) is 1. The number of rotatable bonds is 6. The zero-order valence-electron chi connectivity index (χ0n) is 11.3. The summed E-state index contributed by atoms with van der Waals surface area (Å²) in [6.07, 6.45) is 3.37. The van der Waals surface area contributed by atoms with Crippen LogP contribution in [-0.4, -0.2) is 31.8 Å². The molecule has 100 valence electrons. The van der Waals surface area contributed by atoms with Crippen LogP contribution in [0.1, 0.15) is 26.2 Å². The van der Waals surface area contributed by atoms with Crippen molar-refractivity contribution in [2.45, 2.75) is 31.7 Å². The van der Waals surface area contributed by atoms with Crippen LogP contribution in [-0.2, 0) is 4.74 Å². The Kier molecular flexibility index (Phi) is 4.61. The summed E-state index contributed by atoms with van der Waals surface area (Å²) in [6, 6.07) is 10.5. The van der Waals surface area contributed by atoms with Gasteiger partial charge in [-0.05, 0) is 25.0 Å². The van der Waals surface area contributed by atoms with Crippen molar-refractivity contribution >= 4 is 5.69 Å². The molecule has 1 atom stereocenters. The van der Waals surface area contributed by atoms with Crippen molar-refractivity contribution in [3.05, 3.63) is 30.3 Å². The highest BCUT2D eigenvalue weighted by Crippen LogP contribution is 2.22. The van der Waals surface area contributed by atoms with Gasteiger partial charge >= 0.3 is 0 Å². The van der Waals surface area contributed by atoms with Crippen molar-refractivity contribution in [2.75, 3.05) is 31.2 Å². The summed E-state index contributed by atoms with van der Waals surface area (Å²) in [5.41, 5.74) is 7.49. The maximum Gasteiger partial charge on any atom is 0.0664 e. The molecule has 0 aliphatic carbocycles. The Labute approximate surface area is 110 Å². The van der Waals surface area contributed by atoms with Crippen LogP contribution in [0.25, 0.3) is 0 Å². The molecule has 0 radical (unpaired) electrons. The SMILES string of the molecule is CCCCN(CC1(N)CCOC1)c1ccccc1. The average molecular weight is 248 g/mol. The summed E-state index contributed by atoms with van der Waals surface area (Å²) in [6.45, 7) is 5.66. The smallest absolute Gasteiger partial charge is 0.0664 e. The quantitative estimate of drug-likeness (QED) is 0.840. The van der Waals surface area contributed by atoms with Crippen molar-refractivity contribution in [1.82, 2.24) is 0 Å². The van der Waals surface area contributed by atoms with Crippen molar-refractivity contribution in [3.8, 4) is 0 Å². The van der Waals surface area contributed by atoms with E-state index in [0.29, 0.717) is 6.61 Å². The van der Waals surface area contributed by atoms with E-state index in [2.05, 4.69) is 42.2 Å². The van der Waals surface area contributed by atoms with Gasteiger partial charge in [0.2, 0.25) is 0 Å².